The fourth-order valence-corrected chi connectivity index (χ4v) is 8.63. The third-order valence-electron chi connectivity index (χ3n) is 10.8. The fourth-order valence-electron chi connectivity index (χ4n) is 7.44. The Kier molecular flexibility index (Phi) is 23.3. The largest absolute Gasteiger partial charge is 0.496 e. The Bertz CT molecular complexity index is 1870. The second-order valence-corrected chi connectivity index (χ2v) is 16.6. The van der Waals surface area contributed by atoms with Crippen LogP contribution < -0.4 is 14.5 Å². The first-order chi connectivity index (χ1) is 30.3. The molecule has 340 valence electrons. The van der Waals surface area contributed by atoms with Gasteiger partial charge in [0.25, 0.3) is 5.69 Å². The van der Waals surface area contributed by atoms with E-state index in [0.29, 0.717) is 80.2 Å². The quantitative estimate of drug-likeness (QED) is 0.0268. The summed E-state index contributed by atoms with van der Waals surface area (Å²) < 4.78 is 39.5. The Morgan fingerprint density at radius 1 is 0.710 bits per heavy atom. The molecule has 0 bridgehead atoms. The summed E-state index contributed by atoms with van der Waals surface area (Å²) in [6.45, 7) is 14.9. The smallest absolute Gasteiger partial charge is 0.269 e. The first-order valence-electron chi connectivity index (χ1n) is 21.9. The summed E-state index contributed by atoms with van der Waals surface area (Å²) in [4.78, 5) is 15.5. The highest BCUT2D eigenvalue weighted by Gasteiger charge is 2.23. The number of benzene rings is 3. The molecule has 3 aromatic carbocycles. The Morgan fingerprint density at radius 3 is 1.89 bits per heavy atom. The van der Waals surface area contributed by atoms with Crippen LogP contribution in [0.15, 0.2) is 90.0 Å². The van der Waals surface area contributed by atoms with E-state index in [-0.39, 0.29) is 10.6 Å². The van der Waals surface area contributed by atoms with E-state index in [1.54, 1.807) is 40.6 Å². The number of methoxy groups -OCH3 is 4. The number of likely N-dealkylation sites (N-methyl/N-ethyl adjacent to an activating group) is 1. The van der Waals surface area contributed by atoms with E-state index in [9.17, 15) is 10.1 Å². The number of non-ortho nitro benzene ring substituents is 1. The van der Waals surface area contributed by atoms with E-state index in [1.807, 2.05) is 12.1 Å². The van der Waals surface area contributed by atoms with Gasteiger partial charge in [-0.3, -0.25) is 10.1 Å². The number of allylic oxidation sites excluding steroid dienone is 5. The van der Waals surface area contributed by atoms with Crippen molar-refractivity contribution in [3.63, 3.8) is 0 Å². The van der Waals surface area contributed by atoms with Gasteiger partial charge in [0.2, 0.25) is 0 Å². The van der Waals surface area contributed by atoms with Crippen molar-refractivity contribution in [2.75, 3.05) is 130 Å². The number of anilines is 2. The maximum absolute atomic E-state index is 11.2. The summed E-state index contributed by atoms with van der Waals surface area (Å²) in [5.41, 5.74) is 10.7. The Labute approximate surface area is 372 Å². The van der Waals surface area contributed by atoms with Crippen molar-refractivity contribution in [3.8, 4) is 5.75 Å². The van der Waals surface area contributed by atoms with E-state index in [2.05, 4.69) is 85.2 Å². The van der Waals surface area contributed by atoms with Crippen molar-refractivity contribution >= 4 is 31.2 Å². The van der Waals surface area contributed by atoms with Crippen LogP contribution in [0, 0.1) is 10.1 Å². The molecular formula is C49H70N3O9P. The number of nitro benzene ring substituents is 1. The lowest BCUT2D eigenvalue weighted by Crippen LogP contribution is -2.31. The molecule has 0 saturated carbocycles. The van der Waals surface area contributed by atoms with Crippen LogP contribution in [0.5, 0.6) is 5.75 Å². The Hall–Kier alpha value is -4.13. The Balaban J connectivity index is 1.75. The molecule has 0 radical (unpaired) electrons. The van der Waals surface area contributed by atoms with Crippen molar-refractivity contribution in [3.05, 3.63) is 122 Å². The second kappa shape index (κ2) is 28.5. The summed E-state index contributed by atoms with van der Waals surface area (Å²) in [6.07, 6.45) is 10.7. The molecule has 0 spiro atoms. The number of ether oxygens (including phenoxy) is 7. The molecule has 1 aliphatic carbocycles. The molecule has 62 heavy (non-hydrogen) atoms. The molecular weight excluding hydrogens is 806 g/mol. The molecule has 4 rings (SSSR count). The maximum atomic E-state index is 11.2. The molecule has 0 heterocycles. The van der Waals surface area contributed by atoms with Crippen LogP contribution in [0.2, 0.25) is 0 Å². The van der Waals surface area contributed by atoms with Crippen molar-refractivity contribution < 1.29 is 38.1 Å². The van der Waals surface area contributed by atoms with E-state index < -0.39 is 0 Å². The van der Waals surface area contributed by atoms with Crippen LogP contribution in [0.4, 0.5) is 17.1 Å². The SMILES string of the molecule is CCCc1cc(N(CCOCCOC)CCOCCOC)ccc1/C(=C1/C=CC(PCCOCCOC)C=C1C)c1ccc(N(CC)CCc2ccc([N+](=O)[O-])cc2)cc1OC. The van der Waals surface area contributed by atoms with Gasteiger partial charge in [-0.05, 0) is 85.0 Å². The standard InChI is InChI=1S/C49H70N3O9P/c1-8-10-40-36-42(51(23-25-59-30-27-55-4)24-26-60-31-28-56-5)15-18-46(40)49(45-20-17-44(35-38(45)3)62-34-33-61-32-29-57-6)47-19-16-43(37-48(47)58-7)50(9-2)22-21-39-11-13-41(14-12-39)52(53)54/h11-20,35-37,44,62H,8-10,21-34H2,1-7H3/b49-45+. The van der Waals surface area contributed by atoms with Crippen LogP contribution in [0.25, 0.3) is 5.57 Å². The van der Waals surface area contributed by atoms with Crippen LogP contribution in [0.1, 0.15) is 49.4 Å². The van der Waals surface area contributed by atoms with Crippen LogP contribution in [0.3, 0.4) is 0 Å². The highest BCUT2D eigenvalue weighted by Crippen LogP contribution is 2.42. The second-order valence-electron chi connectivity index (χ2n) is 15.0. The molecule has 2 atom stereocenters. The highest BCUT2D eigenvalue weighted by molar-refractivity contribution is 7.39. The lowest BCUT2D eigenvalue weighted by Gasteiger charge is -2.28. The molecule has 0 saturated heterocycles. The lowest BCUT2D eigenvalue weighted by atomic mass is 9.84. The molecule has 0 fully saturated rings. The number of aryl methyl sites for hydroxylation is 1. The van der Waals surface area contributed by atoms with Gasteiger partial charge in [-0.1, -0.05) is 49.8 Å². The number of hydrogen-bond donors (Lipinski definition) is 0. The number of hydrogen-bond acceptors (Lipinski definition) is 11. The van der Waals surface area contributed by atoms with Gasteiger partial charge < -0.3 is 43.0 Å². The van der Waals surface area contributed by atoms with Gasteiger partial charge >= 0.3 is 0 Å². The third kappa shape index (κ3) is 15.9. The van der Waals surface area contributed by atoms with E-state index >= 15 is 0 Å². The predicted octanol–water partition coefficient (Wildman–Crippen LogP) is 8.79. The van der Waals surface area contributed by atoms with Gasteiger partial charge in [-0.25, -0.2) is 0 Å². The number of rotatable bonds is 31. The zero-order valence-corrected chi connectivity index (χ0v) is 39.1. The van der Waals surface area contributed by atoms with E-state index in [1.165, 1.54) is 22.3 Å². The van der Waals surface area contributed by atoms with Gasteiger partial charge in [0.05, 0.1) is 71.5 Å². The zero-order chi connectivity index (χ0) is 44.5. The summed E-state index contributed by atoms with van der Waals surface area (Å²) in [5, 5.41) is 11.2. The van der Waals surface area contributed by atoms with Crippen molar-refractivity contribution in [2.45, 2.75) is 45.7 Å². The van der Waals surface area contributed by atoms with Gasteiger partial charge in [-0.15, -0.1) is 8.58 Å². The van der Waals surface area contributed by atoms with Gasteiger partial charge in [0, 0.05) is 93.9 Å². The molecule has 2 unspecified atom stereocenters. The minimum absolute atomic E-state index is 0.101. The van der Waals surface area contributed by atoms with Crippen molar-refractivity contribution in [1.82, 2.24) is 0 Å². The molecule has 3 aromatic rings. The predicted molar refractivity (Wildman–Crippen MR) is 254 cm³/mol. The summed E-state index contributed by atoms with van der Waals surface area (Å²) in [5.74, 6) is 0.798. The normalized spacial score (nSPS) is 14.7. The molecule has 1 aliphatic rings. The molecule has 0 amide bonds. The van der Waals surface area contributed by atoms with Gasteiger partial charge in [-0.2, -0.15) is 0 Å². The van der Waals surface area contributed by atoms with Crippen LogP contribution in [-0.2, 0) is 41.3 Å². The molecule has 0 aromatic heterocycles. The molecule has 12 nitrogen and oxygen atoms in total. The third-order valence-corrected chi connectivity index (χ3v) is 12.1. The number of nitro groups is 1. The Morgan fingerprint density at radius 2 is 1.32 bits per heavy atom. The minimum atomic E-state index is -0.361. The molecule has 13 heteroatoms. The molecule has 0 N–H and O–H groups in total. The van der Waals surface area contributed by atoms with E-state index in [4.69, 9.17) is 33.2 Å². The summed E-state index contributed by atoms with van der Waals surface area (Å²) in [6, 6.07) is 20.3. The molecule has 0 aliphatic heterocycles. The maximum Gasteiger partial charge on any atom is 0.269 e. The van der Waals surface area contributed by atoms with Gasteiger partial charge in [0.1, 0.15) is 5.75 Å². The summed E-state index contributed by atoms with van der Waals surface area (Å²) >= 11 is 0. The topological polar surface area (TPSA) is 114 Å². The number of nitrogens with zero attached hydrogens (tertiary/aromatic N) is 3. The van der Waals surface area contributed by atoms with Crippen molar-refractivity contribution in [1.29, 1.82) is 0 Å². The van der Waals surface area contributed by atoms with Crippen molar-refractivity contribution in [2.24, 2.45) is 0 Å². The zero-order valence-electron chi connectivity index (χ0n) is 38.1. The van der Waals surface area contributed by atoms with E-state index in [0.717, 1.165) is 78.9 Å². The fraction of sp³-hybridized carbons (Fsp3) is 0.510. The highest BCUT2D eigenvalue weighted by atomic mass is 31.1. The first-order valence-corrected chi connectivity index (χ1v) is 23.2. The first kappa shape index (κ1) is 50.5. The van der Waals surface area contributed by atoms with Crippen LogP contribution in [-0.4, -0.2) is 131 Å². The monoisotopic (exact) mass is 875 g/mol. The minimum Gasteiger partial charge on any atom is -0.496 e. The average molecular weight is 876 g/mol. The van der Waals surface area contributed by atoms with Crippen LogP contribution >= 0.6 is 8.58 Å². The van der Waals surface area contributed by atoms with Gasteiger partial charge in [0.15, 0.2) is 0 Å². The summed E-state index contributed by atoms with van der Waals surface area (Å²) in [7, 11) is 7.53. The average Bonchev–Trinajstić information content (AvgIpc) is 3.28. The lowest BCUT2D eigenvalue weighted by molar-refractivity contribution is -0.384.